The lowest BCUT2D eigenvalue weighted by molar-refractivity contribution is 1.04. The fourth-order valence-electron chi connectivity index (χ4n) is 2.47. The molecule has 0 saturated heterocycles. The van der Waals surface area contributed by atoms with Crippen molar-refractivity contribution in [1.29, 1.82) is 0 Å². The summed E-state index contributed by atoms with van der Waals surface area (Å²) < 4.78 is 0. The van der Waals surface area contributed by atoms with Gasteiger partial charge in [0.2, 0.25) is 0 Å². The normalized spacial score (nSPS) is 26.1. The van der Waals surface area contributed by atoms with Gasteiger partial charge in [0.15, 0.2) is 0 Å². The Morgan fingerprint density at radius 2 is 1.93 bits per heavy atom. The van der Waals surface area contributed by atoms with Gasteiger partial charge in [0.25, 0.3) is 0 Å². The van der Waals surface area contributed by atoms with Crippen LogP contribution in [0.2, 0.25) is 0 Å². The minimum atomic E-state index is 0.783. The zero-order valence-electron chi connectivity index (χ0n) is 8.35. The number of aromatic nitrogens is 1. The minimum absolute atomic E-state index is 0.783. The van der Waals surface area contributed by atoms with Crippen molar-refractivity contribution in [2.75, 3.05) is 0 Å². The monoisotopic (exact) mass is 193 g/mol. The van der Waals surface area contributed by atoms with Gasteiger partial charge in [-0.25, -0.2) is 4.98 Å². The van der Waals surface area contributed by atoms with E-state index in [0.717, 1.165) is 17.4 Å². The lowest BCUT2D eigenvalue weighted by atomic mass is 10.1. The Morgan fingerprint density at radius 1 is 1.07 bits per heavy atom. The molecule has 72 valence electrons. The van der Waals surface area contributed by atoms with Gasteiger partial charge in [-0.2, -0.15) is 0 Å². The third-order valence-electron chi connectivity index (χ3n) is 3.44. The molecule has 1 nitrogen and oxygen atoms in total. The van der Waals surface area contributed by atoms with Crippen LogP contribution in [0.5, 0.6) is 0 Å². The molecule has 4 rings (SSSR count). The summed E-state index contributed by atoms with van der Waals surface area (Å²) in [6, 6.07) is 10.6. The first-order valence-corrected chi connectivity index (χ1v) is 5.50. The maximum Gasteiger partial charge on any atom is 0.0709 e. The number of benzene rings is 1. The van der Waals surface area contributed by atoms with E-state index >= 15 is 0 Å². The summed E-state index contributed by atoms with van der Waals surface area (Å²) in [7, 11) is 0. The SMILES string of the molecule is C1=c2cc3ccccc3nc2=CC2CC12. The predicted molar refractivity (Wildman–Crippen MR) is 61.5 cm³/mol. The van der Waals surface area contributed by atoms with Gasteiger partial charge in [0.05, 0.1) is 10.9 Å². The second-order valence-electron chi connectivity index (χ2n) is 4.55. The number of fused-ring (bicyclic) bond motifs is 3. The van der Waals surface area contributed by atoms with Gasteiger partial charge in [-0.05, 0) is 35.6 Å². The van der Waals surface area contributed by atoms with Gasteiger partial charge in [0.1, 0.15) is 0 Å². The van der Waals surface area contributed by atoms with Gasteiger partial charge in [0, 0.05) is 5.39 Å². The van der Waals surface area contributed by atoms with Crippen molar-refractivity contribution in [1.82, 2.24) is 4.98 Å². The maximum absolute atomic E-state index is 4.71. The van der Waals surface area contributed by atoms with Crippen molar-refractivity contribution in [3.63, 3.8) is 0 Å². The van der Waals surface area contributed by atoms with Crippen LogP contribution < -0.4 is 10.6 Å². The zero-order valence-corrected chi connectivity index (χ0v) is 8.35. The molecule has 0 radical (unpaired) electrons. The summed E-state index contributed by atoms with van der Waals surface area (Å²) in [5.41, 5.74) is 1.11. The number of nitrogens with zero attached hydrogens (tertiary/aromatic N) is 1. The first-order chi connectivity index (χ1) is 7.40. The molecule has 1 heteroatoms. The van der Waals surface area contributed by atoms with E-state index < -0.39 is 0 Å². The highest BCUT2D eigenvalue weighted by molar-refractivity contribution is 5.78. The van der Waals surface area contributed by atoms with Crippen molar-refractivity contribution in [2.24, 2.45) is 11.8 Å². The number of para-hydroxylation sites is 1. The van der Waals surface area contributed by atoms with Crippen LogP contribution in [0.4, 0.5) is 0 Å². The predicted octanol–water partition coefficient (Wildman–Crippen LogP) is 1.45. The first kappa shape index (κ1) is 7.63. The van der Waals surface area contributed by atoms with Crippen LogP contribution in [0.3, 0.4) is 0 Å². The molecule has 2 aromatic rings. The number of hydrogen-bond donors (Lipinski definition) is 0. The van der Waals surface area contributed by atoms with Gasteiger partial charge in [-0.15, -0.1) is 0 Å². The fourth-order valence-corrected chi connectivity index (χ4v) is 2.47. The molecule has 0 amide bonds. The highest BCUT2D eigenvalue weighted by Gasteiger charge is 2.34. The van der Waals surface area contributed by atoms with E-state index in [4.69, 9.17) is 4.98 Å². The zero-order chi connectivity index (χ0) is 9.83. The molecule has 1 heterocycles. The molecular formula is C14H11N. The van der Waals surface area contributed by atoms with E-state index in [1.807, 2.05) is 6.07 Å². The smallest absolute Gasteiger partial charge is 0.0709 e. The average Bonchev–Trinajstić information content (AvgIpc) is 3.00. The molecule has 0 spiro atoms. The molecule has 0 aliphatic heterocycles. The molecule has 1 fully saturated rings. The lowest BCUT2D eigenvalue weighted by Crippen LogP contribution is -2.30. The van der Waals surface area contributed by atoms with Crippen LogP contribution in [0, 0.1) is 11.8 Å². The van der Waals surface area contributed by atoms with Crippen molar-refractivity contribution < 1.29 is 0 Å². The van der Waals surface area contributed by atoms with Gasteiger partial charge >= 0.3 is 0 Å². The van der Waals surface area contributed by atoms with E-state index in [-0.39, 0.29) is 0 Å². The van der Waals surface area contributed by atoms with Crippen LogP contribution in [0.25, 0.3) is 23.1 Å². The molecule has 15 heavy (non-hydrogen) atoms. The summed E-state index contributed by atoms with van der Waals surface area (Å²) in [6.07, 6.45) is 6.05. The van der Waals surface area contributed by atoms with E-state index in [0.29, 0.717) is 0 Å². The van der Waals surface area contributed by atoms with Gasteiger partial charge in [-0.1, -0.05) is 30.4 Å². The summed E-state index contributed by atoms with van der Waals surface area (Å²) in [4.78, 5) is 4.71. The summed E-state index contributed by atoms with van der Waals surface area (Å²) in [6.45, 7) is 0. The topological polar surface area (TPSA) is 12.9 Å². The van der Waals surface area contributed by atoms with E-state index in [1.165, 1.54) is 22.4 Å². The quantitative estimate of drug-likeness (QED) is 0.617. The Bertz CT molecular complexity index is 611. The third kappa shape index (κ3) is 1.06. The molecule has 2 atom stereocenters. The second kappa shape index (κ2) is 2.48. The molecule has 0 N–H and O–H groups in total. The molecule has 2 unspecified atom stereocenters. The number of pyridine rings is 1. The Balaban J connectivity index is 2.19. The summed E-state index contributed by atoms with van der Waals surface area (Å²) in [5, 5.41) is 3.76. The van der Waals surface area contributed by atoms with Gasteiger partial charge in [-0.3, -0.25) is 0 Å². The van der Waals surface area contributed by atoms with Crippen LogP contribution in [-0.2, 0) is 0 Å². The second-order valence-corrected chi connectivity index (χ2v) is 4.55. The highest BCUT2D eigenvalue weighted by atomic mass is 14.7. The first-order valence-electron chi connectivity index (χ1n) is 5.50. The van der Waals surface area contributed by atoms with E-state index in [9.17, 15) is 0 Å². The average molecular weight is 193 g/mol. The van der Waals surface area contributed by atoms with Crippen molar-refractivity contribution >= 4 is 23.1 Å². The minimum Gasteiger partial charge on any atom is -0.248 e. The van der Waals surface area contributed by atoms with Crippen LogP contribution >= 0.6 is 0 Å². The van der Waals surface area contributed by atoms with Crippen molar-refractivity contribution in [3.05, 3.63) is 40.9 Å². The highest BCUT2D eigenvalue weighted by Crippen LogP contribution is 2.41. The molecule has 1 aromatic heterocycles. The van der Waals surface area contributed by atoms with Crippen LogP contribution in [0.15, 0.2) is 30.3 Å². The fraction of sp³-hybridized carbons (Fsp3) is 0.214. The largest absolute Gasteiger partial charge is 0.248 e. The van der Waals surface area contributed by atoms with E-state index in [2.05, 4.69) is 36.4 Å². The van der Waals surface area contributed by atoms with Gasteiger partial charge < -0.3 is 0 Å². The molecular weight excluding hydrogens is 182 g/mol. The third-order valence-corrected chi connectivity index (χ3v) is 3.44. The summed E-state index contributed by atoms with van der Waals surface area (Å²) >= 11 is 0. The van der Waals surface area contributed by atoms with Crippen LogP contribution in [-0.4, -0.2) is 4.98 Å². The lowest BCUT2D eigenvalue weighted by Gasteiger charge is -2.01. The molecule has 0 bridgehead atoms. The van der Waals surface area contributed by atoms with Crippen molar-refractivity contribution in [3.8, 4) is 0 Å². The Labute approximate surface area is 87.8 Å². The Hall–Kier alpha value is -1.63. The summed E-state index contributed by atoms with van der Waals surface area (Å²) in [5.74, 6) is 1.59. The number of hydrogen-bond acceptors (Lipinski definition) is 1. The molecule has 2 aliphatic rings. The number of rotatable bonds is 0. The standard InChI is InChI=1S/C14H11N/c1-2-4-13-9(3-1)5-12-7-10-6-11(10)8-14(12)15-13/h1-5,7-8,10-11H,6H2. The Morgan fingerprint density at radius 3 is 2.93 bits per heavy atom. The Kier molecular flexibility index (Phi) is 1.26. The maximum atomic E-state index is 4.71. The van der Waals surface area contributed by atoms with Crippen LogP contribution in [0.1, 0.15) is 6.42 Å². The van der Waals surface area contributed by atoms with Crippen molar-refractivity contribution in [2.45, 2.75) is 6.42 Å². The molecule has 1 aromatic carbocycles. The molecule has 2 aliphatic carbocycles. The van der Waals surface area contributed by atoms with E-state index in [1.54, 1.807) is 0 Å². The molecule has 1 saturated carbocycles.